The molecule has 0 aliphatic rings. The molecule has 0 aliphatic carbocycles. The van der Waals surface area contributed by atoms with E-state index in [-0.39, 0.29) is 5.75 Å². The van der Waals surface area contributed by atoms with Gasteiger partial charge in [-0.1, -0.05) is 0 Å². The lowest BCUT2D eigenvalue weighted by Crippen LogP contribution is -2.13. The van der Waals surface area contributed by atoms with Crippen molar-refractivity contribution in [2.75, 3.05) is 31.4 Å². The Morgan fingerprint density at radius 1 is 1.30 bits per heavy atom. The highest BCUT2D eigenvalue weighted by atomic mass is 16.5. The van der Waals surface area contributed by atoms with Crippen LogP contribution in [-0.4, -0.2) is 31.3 Å². The molecule has 1 aromatic carbocycles. The molecule has 0 bridgehead atoms. The number of hydrogen-bond donors (Lipinski definition) is 2. The van der Waals surface area contributed by atoms with Crippen LogP contribution in [0.15, 0.2) is 36.5 Å². The second kappa shape index (κ2) is 6.14. The van der Waals surface area contributed by atoms with Crippen molar-refractivity contribution in [2.24, 2.45) is 0 Å². The first kappa shape index (κ1) is 14.0. The number of anilines is 2. The summed E-state index contributed by atoms with van der Waals surface area (Å²) < 4.78 is 5.16. The Morgan fingerprint density at radius 2 is 2.10 bits per heavy atom. The Kier molecular flexibility index (Phi) is 4.30. The Hall–Kier alpha value is -2.43. The smallest absolute Gasteiger partial charge is 0.151 e. The fourth-order valence-corrected chi connectivity index (χ4v) is 1.91. The van der Waals surface area contributed by atoms with Crippen molar-refractivity contribution in [2.45, 2.75) is 6.54 Å². The maximum absolute atomic E-state index is 9.87. The first-order chi connectivity index (χ1) is 9.61. The van der Waals surface area contributed by atoms with Crippen LogP contribution in [-0.2, 0) is 6.54 Å². The highest BCUT2D eigenvalue weighted by molar-refractivity contribution is 5.65. The Labute approximate surface area is 118 Å². The van der Waals surface area contributed by atoms with Gasteiger partial charge in [-0.3, -0.25) is 0 Å². The quantitative estimate of drug-likeness (QED) is 0.876. The molecule has 0 radical (unpaired) electrons. The first-order valence-corrected chi connectivity index (χ1v) is 6.34. The normalized spacial score (nSPS) is 10.2. The summed E-state index contributed by atoms with van der Waals surface area (Å²) in [4.78, 5) is 6.26. The molecule has 0 amide bonds. The fraction of sp³-hybridized carbons (Fsp3) is 0.267. The lowest BCUT2D eigenvalue weighted by atomic mass is 10.2. The van der Waals surface area contributed by atoms with Crippen LogP contribution in [0.1, 0.15) is 5.56 Å². The van der Waals surface area contributed by atoms with Gasteiger partial charge in [0.25, 0.3) is 0 Å². The van der Waals surface area contributed by atoms with Gasteiger partial charge in [0.05, 0.1) is 12.8 Å². The number of pyridine rings is 1. The molecule has 5 nitrogen and oxygen atoms in total. The number of hydrogen-bond acceptors (Lipinski definition) is 5. The lowest BCUT2D eigenvalue weighted by Gasteiger charge is -2.17. The van der Waals surface area contributed by atoms with Crippen molar-refractivity contribution in [3.05, 3.63) is 42.1 Å². The minimum atomic E-state index is 0.244. The Morgan fingerprint density at radius 3 is 2.80 bits per heavy atom. The standard InChI is InChI=1S/C15H19N3O2/c1-18(2)15-13(5-4-8-16-15)17-10-11-9-12(20-3)6-7-14(11)19/h4-9,17,19H,10H2,1-3H3. The van der Waals surface area contributed by atoms with E-state index >= 15 is 0 Å². The van der Waals surface area contributed by atoms with Crippen LogP contribution < -0.4 is 15.0 Å². The van der Waals surface area contributed by atoms with Crippen LogP contribution in [0.2, 0.25) is 0 Å². The SMILES string of the molecule is COc1ccc(O)c(CNc2cccnc2N(C)C)c1. The number of aromatic nitrogens is 1. The number of methoxy groups -OCH3 is 1. The van der Waals surface area contributed by atoms with Crippen LogP contribution >= 0.6 is 0 Å². The van der Waals surface area contributed by atoms with Crippen molar-refractivity contribution < 1.29 is 9.84 Å². The molecule has 106 valence electrons. The number of nitrogens with zero attached hydrogens (tertiary/aromatic N) is 2. The first-order valence-electron chi connectivity index (χ1n) is 6.34. The minimum absolute atomic E-state index is 0.244. The average Bonchev–Trinajstić information content (AvgIpc) is 2.46. The van der Waals surface area contributed by atoms with Crippen molar-refractivity contribution in [1.29, 1.82) is 0 Å². The van der Waals surface area contributed by atoms with Gasteiger partial charge in [-0.05, 0) is 30.3 Å². The van der Waals surface area contributed by atoms with E-state index in [1.807, 2.05) is 37.2 Å². The van der Waals surface area contributed by atoms with E-state index in [1.54, 1.807) is 25.4 Å². The van der Waals surface area contributed by atoms with Crippen LogP contribution in [0.3, 0.4) is 0 Å². The molecule has 2 aromatic rings. The predicted octanol–water partition coefficient (Wildman–Crippen LogP) is 2.47. The van der Waals surface area contributed by atoms with E-state index in [1.165, 1.54) is 0 Å². The number of benzene rings is 1. The molecule has 0 atom stereocenters. The van der Waals surface area contributed by atoms with E-state index < -0.39 is 0 Å². The van der Waals surface area contributed by atoms with Gasteiger partial charge in [0.1, 0.15) is 11.5 Å². The third-order valence-electron chi connectivity index (χ3n) is 2.97. The molecule has 0 aliphatic heterocycles. The molecule has 2 rings (SSSR count). The molecular weight excluding hydrogens is 254 g/mol. The molecule has 2 N–H and O–H groups in total. The van der Waals surface area contributed by atoms with Crippen molar-refractivity contribution in [3.63, 3.8) is 0 Å². The molecule has 0 saturated carbocycles. The van der Waals surface area contributed by atoms with Gasteiger partial charge in [0.15, 0.2) is 5.82 Å². The molecule has 0 unspecified atom stereocenters. The van der Waals surface area contributed by atoms with Gasteiger partial charge in [0.2, 0.25) is 0 Å². The molecule has 0 saturated heterocycles. The van der Waals surface area contributed by atoms with Crippen LogP contribution in [0.5, 0.6) is 11.5 Å². The number of phenols is 1. The zero-order chi connectivity index (χ0) is 14.5. The largest absolute Gasteiger partial charge is 0.508 e. The number of phenolic OH excluding ortho intramolecular Hbond substituents is 1. The van der Waals surface area contributed by atoms with Crippen LogP contribution in [0.25, 0.3) is 0 Å². The third-order valence-corrected chi connectivity index (χ3v) is 2.97. The summed E-state index contributed by atoms with van der Waals surface area (Å²) in [6, 6.07) is 9.01. The van der Waals surface area contributed by atoms with Gasteiger partial charge in [-0.25, -0.2) is 4.98 Å². The van der Waals surface area contributed by atoms with Crippen molar-refractivity contribution >= 4 is 11.5 Å². The van der Waals surface area contributed by atoms with Gasteiger partial charge in [-0.2, -0.15) is 0 Å². The number of ether oxygens (including phenoxy) is 1. The maximum Gasteiger partial charge on any atom is 0.151 e. The molecule has 1 aromatic heterocycles. The van der Waals surface area contributed by atoms with Crippen LogP contribution in [0, 0.1) is 0 Å². The van der Waals surface area contributed by atoms with E-state index in [9.17, 15) is 5.11 Å². The summed E-state index contributed by atoms with van der Waals surface area (Å²) in [5, 5.41) is 13.1. The topological polar surface area (TPSA) is 57.6 Å². The zero-order valence-corrected chi connectivity index (χ0v) is 11.9. The number of rotatable bonds is 5. The second-order valence-corrected chi connectivity index (χ2v) is 4.62. The lowest BCUT2D eigenvalue weighted by molar-refractivity contribution is 0.411. The Bertz CT molecular complexity index is 585. The van der Waals surface area contributed by atoms with E-state index in [2.05, 4.69) is 10.3 Å². The molecule has 5 heteroatoms. The molecule has 0 spiro atoms. The fourth-order valence-electron chi connectivity index (χ4n) is 1.91. The van der Waals surface area contributed by atoms with Gasteiger partial charge >= 0.3 is 0 Å². The van der Waals surface area contributed by atoms with Crippen molar-refractivity contribution in [1.82, 2.24) is 4.98 Å². The summed E-state index contributed by atoms with van der Waals surface area (Å²) in [5.74, 6) is 1.82. The van der Waals surface area contributed by atoms with E-state index in [0.717, 1.165) is 22.8 Å². The van der Waals surface area contributed by atoms with Gasteiger partial charge in [-0.15, -0.1) is 0 Å². The predicted molar refractivity (Wildman–Crippen MR) is 80.5 cm³/mol. The summed E-state index contributed by atoms with van der Waals surface area (Å²) in [6.45, 7) is 0.496. The summed E-state index contributed by atoms with van der Waals surface area (Å²) in [7, 11) is 5.49. The van der Waals surface area contributed by atoms with Crippen LogP contribution in [0.4, 0.5) is 11.5 Å². The molecule has 20 heavy (non-hydrogen) atoms. The molecular formula is C15H19N3O2. The summed E-state index contributed by atoms with van der Waals surface area (Å²) in [6.07, 6.45) is 1.75. The zero-order valence-electron chi connectivity index (χ0n) is 11.9. The highest BCUT2D eigenvalue weighted by Crippen LogP contribution is 2.26. The number of aromatic hydroxyl groups is 1. The maximum atomic E-state index is 9.87. The summed E-state index contributed by atoms with van der Waals surface area (Å²) in [5.41, 5.74) is 1.69. The van der Waals surface area contributed by atoms with Crippen molar-refractivity contribution in [3.8, 4) is 11.5 Å². The second-order valence-electron chi connectivity index (χ2n) is 4.62. The van der Waals surface area contributed by atoms with Gasteiger partial charge < -0.3 is 20.1 Å². The average molecular weight is 273 g/mol. The van der Waals surface area contributed by atoms with E-state index in [4.69, 9.17) is 4.74 Å². The Balaban J connectivity index is 2.17. The molecule has 0 fully saturated rings. The summed E-state index contributed by atoms with van der Waals surface area (Å²) >= 11 is 0. The van der Waals surface area contributed by atoms with Gasteiger partial charge in [0, 0.05) is 32.4 Å². The van der Waals surface area contributed by atoms with E-state index in [0.29, 0.717) is 6.54 Å². The monoisotopic (exact) mass is 273 g/mol. The highest BCUT2D eigenvalue weighted by Gasteiger charge is 2.07. The minimum Gasteiger partial charge on any atom is -0.508 e. The third kappa shape index (κ3) is 3.12. The molecule has 1 heterocycles. The number of nitrogens with one attached hydrogen (secondary N) is 1.